The second-order valence-corrected chi connectivity index (χ2v) is 4.78. The van der Waals surface area contributed by atoms with Gasteiger partial charge in [0.05, 0.1) is 7.11 Å². The first kappa shape index (κ1) is 15.8. The standard InChI is InChI=1S/C15H15N3O3S/c1-3-18-14(19)11(17-15(18)22)8-10-4-5-12(21-7-6-16)13(9-10)20-2/h4-5,8-9H,3,7H2,1-2H3,(H,17,22)/b11-8-. The molecule has 0 aliphatic carbocycles. The third-order valence-electron chi connectivity index (χ3n) is 3.07. The zero-order valence-electron chi connectivity index (χ0n) is 12.3. The number of nitrogens with zero attached hydrogens (tertiary/aromatic N) is 2. The molecular formula is C15H15N3O3S. The van der Waals surface area contributed by atoms with Crippen LogP contribution in [0.5, 0.6) is 11.5 Å². The van der Waals surface area contributed by atoms with E-state index in [1.54, 1.807) is 24.3 Å². The van der Waals surface area contributed by atoms with Crippen molar-refractivity contribution in [2.75, 3.05) is 20.3 Å². The van der Waals surface area contributed by atoms with Crippen LogP contribution in [0.3, 0.4) is 0 Å². The van der Waals surface area contributed by atoms with Crippen molar-refractivity contribution in [2.45, 2.75) is 6.92 Å². The van der Waals surface area contributed by atoms with Gasteiger partial charge in [0.1, 0.15) is 11.8 Å². The van der Waals surface area contributed by atoms with Gasteiger partial charge in [0.2, 0.25) is 0 Å². The lowest BCUT2D eigenvalue weighted by Crippen LogP contribution is -2.30. The van der Waals surface area contributed by atoms with Crippen LogP contribution in [0.2, 0.25) is 0 Å². The lowest BCUT2D eigenvalue weighted by atomic mass is 10.1. The van der Waals surface area contributed by atoms with E-state index in [4.69, 9.17) is 27.0 Å². The highest BCUT2D eigenvalue weighted by molar-refractivity contribution is 7.80. The molecule has 1 aromatic rings. The van der Waals surface area contributed by atoms with Crippen LogP contribution in [0, 0.1) is 11.3 Å². The van der Waals surface area contributed by atoms with Gasteiger partial charge in [0.15, 0.2) is 23.2 Å². The van der Waals surface area contributed by atoms with E-state index in [2.05, 4.69) is 5.32 Å². The normalized spacial score (nSPS) is 15.7. The summed E-state index contributed by atoms with van der Waals surface area (Å²) in [5.74, 6) is 0.809. The number of benzene rings is 1. The van der Waals surface area contributed by atoms with Gasteiger partial charge in [-0.3, -0.25) is 9.69 Å². The Kier molecular flexibility index (Phi) is 4.96. The molecule has 1 aliphatic heterocycles. The highest BCUT2D eigenvalue weighted by Crippen LogP contribution is 2.29. The van der Waals surface area contributed by atoms with Crippen molar-refractivity contribution in [2.24, 2.45) is 0 Å². The Morgan fingerprint density at radius 3 is 2.82 bits per heavy atom. The first-order valence-corrected chi connectivity index (χ1v) is 7.03. The summed E-state index contributed by atoms with van der Waals surface area (Å²) in [4.78, 5) is 13.6. The van der Waals surface area contributed by atoms with E-state index >= 15 is 0 Å². The number of methoxy groups -OCH3 is 1. The van der Waals surface area contributed by atoms with Gasteiger partial charge in [-0.25, -0.2) is 0 Å². The van der Waals surface area contributed by atoms with Crippen molar-refractivity contribution in [3.05, 3.63) is 29.5 Å². The summed E-state index contributed by atoms with van der Waals surface area (Å²) in [5, 5.41) is 11.8. The van der Waals surface area contributed by atoms with Gasteiger partial charge in [-0.05, 0) is 42.9 Å². The van der Waals surface area contributed by atoms with Gasteiger partial charge in [-0.2, -0.15) is 5.26 Å². The number of amides is 1. The molecule has 22 heavy (non-hydrogen) atoms. The van der Waals surface area contributed by atoms with E-state index in [0.29, 0.717) is 28.9 Å². The molecule has 6 nitrogen and oxygen atoms in total. The minimum Gasteiger partial charge on any atom is -0.493 e. The molecular weight excluding hydrogens is 302 g/mol. The molecule has 0 unspecified atom stereocenters. The number of nitrogens with one attached hydrogen (secondary N) is 1. The molecule has 2 rings (SSSR count). The van der Waals surface area contributed by atoms with Crippen LogP contribution in [0.1, 0.15) is 12.5 Å². The Morgan fingerprint density at radius 1 is 1.45 bits per heavy atom. The molecule has 1 heterocycles. The number of hydrogen-bond donors (Lipinski definition) is 1. The fourth-order valence-corrected chi connectivity index (χ4v) is 2.35. The van der Waals surface area contributed by atoms with E-state index in [1.165, 1.54) is 12.0 Å². The summed E-state index contributed by atoms with van der Waals surface area (Å²) >= 11 is 5.11. The maximum absolute atomic E-state index is 12.1. The second kappa shape index (κ2) is 6.91. The predicted molar refractivity (Wildman–Crippen MR) is 85.2 cm³/mol. The number of rotatable bonds is 5. The van der Waals surface area contributed by atoms with Crippen molar-refractivity contribution in [3.63, 3.8) is 0 Å². The summed E-state index contributed by atoms with van der Waals surface area (Å²) < 4.78 is 10.5. The molecule has 1 aromatic carbocycles. The third-order valence-corrected chi connectivity index (χ3v) is 3.39. The van der Waals surface area contributed by atoms with Crippen LogP contribution in [0.15, 0.2) is 23.9 Å². The zero-order chi connectivity index (χ0) is 16.1. The van der Waals surface area contributed by atoms with E-state index in [-0.39, 0.29) is 12.5 Å². The Hall–Kier alpha value is -2.59. The van der Waals surface area contributed by atoms with E-state index in [1.807, 2.05) is 13.0 Å². The Labute approximate surface area is 133 Å². The summed E-state index contributed by atoms with van der Waals surface area (Å²) in [6, 6.07) is 7.09. The monoisotopic (exact) mass is 317 g/mol. The molecule has 1 saturated heterocycles. The Bertz CT molecular complexity index is 679. The highest BCUT2D eigenvalue weighted by Gasteiger charge is 2.28. The largest absolute Gasteiger partial charge is 0.493 e. The van der Waals surface area contributed by atoms with Gasteiger partial charge in [0, 0.05) is 6.54 Å². The number of hydrogen-bond acceptors (Lipinski definition) is 5. The molecule has 0 aromatic heterocycles. The van der Waals surface area contributed by atoms with Gasteiger partial charge in [-0.1, -0.05) is 6.07 Å². The van der Waals surface area contributed by atoms with Crippen LogP contribution < -0.4 is 14.8 Å². The predicted octanol–water partition coefficient (Wildman–Crippen LogP) is 1.68. The summed E-state index contributed by atoms with van der Waals surface area (Å²) in [5.41, 5.74) is 1.18. The lowest BCUT2D eigenvalue weighted by molar-refractivity contribution is -0.122. The minimum absolute atomic E-state index is 0.0590. The summed E-state index contributed by atoms with van der Waals surface area (Å²) in [7, 11) is 1.51. The molecule has 0 saturated carbocycles. The number of carbonyl (C=O) groups is 1. The van der Waals surface area contributed by atoms with Crippen molar-refractivity contribution >= 4 is 29.3 Å². The molecule has 1 aliphatic rings. The maximum Gasteiger partial charge on any atom is 0.276 e. The molecule has 1 N–H and O–H groups in total. The van der Waals surface area contributed by atoms with Crippen molar-refractivity contribution in [1.29, 1.82) is 5.26 Å². The summed E-state index contributed by atoms with van der Waals surface area (Å²) in [6.45, 7) is 2.32. The van der Waals surface area contributed by atoms with Crippen LogP contribution in [0.4, 0.5) is 0 Å². The zero-order valence-corrected chi connectivity index (χ0v) is 13.1. The molecule has 0 atom stereocenters. The molecule has 1 fully saturated rings. The van der Waals surface area contributed by atoms with Crippen molar-refractivity contribution in [3.8, 4) is 17.6 Å². The molecule has 0 bridgehead atoms. The maximum atomic E-state index is 12.1. The van der Waals surface area contributed by atoms with Crippen LogP contribution in [-0.2, 0) is 4.79 Å². The van der Waals surface area contributed by atoms with Crippen molar-refractivity contribution in [1.82, 2.24) is 10.2 Å². The van der Waals surface area contributed by atoms with Gasteiger partial charge >= 0.3 is 0 Å². The minimum atomic E-state index is -0.156. The smallest absolute Gasteiger partial charge is 0.276 e. The van der Waals surface area contributed by atoms with Gasteiger partial charge < -0.3 is 14.8 Å². The number of ether oxygens (including phenoxy) is 2. The van der Waals surface area contributed by atoms with E-state index in [0.717, 1.165) is 5.56 Å². The molecule has 114 valence electrons. The van der Waals surface area contributed by atoms with Crippen LogP contribution >= 0.6 is 12.2 Å². The first-order valence-electron chi connectivity index (χ1n) is 6.63. The fourth-order valence-electron chi connectivity index (χ4n) is 2.03. The second-order valence-electron chi connectivity index (χ2n) is 4.39. The number of thiocarbonyl (C=S) groups is 1. The highest BCUT2D eigenvalue weighted by atomic mass is 32.1. The SMILES string of the molecule is CCN1C(=O)/C(=C/c2ccc(OCC#N)c(OC)c2)NC1=S. The Morgan fingerprint density at radius 2 is 2.23 bits per heavy atom. The summed E-state index contributed by atoms with van der Waals surface area (Å²) in [6.07, 6.45) is 1.70. The van der Waals surface area contributed by atoms with Gasteiger partial charge in [-0.15, -0.1) is 0 Å². The molecule has 7 heteroatoms. The fraction of sp³-hybridized carbons (Fsp3) is 0.267. The molecule has 0 spiro atoms. The molecule has 0 radical (unpaired) electrons. The van der Waals surface area contributed by atoms with Crippen LogP contribution in [0.25, 0.3) is 6.08 Å². The average molecular weight is 317 g/mol. The third kappa shape index (κ3) is 3.18. The van der Waals surface area contributed by atoms with E-state index < -0.39 is 0 Å². The Balaban J connectivity index is 2.27. The topological polar surface area (TPSA) is 74.6 Å². The van der Waals surface area contributed by atoms with Gasteiger partial charge in [0.25, 0.3) is 5.91 Å². The van der Waals surface area contributed by atoms with E-state index in [9.17, 15) is 4.79 Å². The quantitative estimate of drug-likeness (QED) is 0.658. The lowest BCUT2D eigenvalue weighted by Gasteiger charge is -2.09. The number of carbonyl (C=O) groups excluding carboxylic acids is 1. The van der Waals surface area contributed by atoms with Crippen LogP contribution in [-0.4, -0.2) is 36.2 Å². The number of likely N-dealkylation sites (N-methyl/N-ethyl adjacent to an activating group) is 1. The number of nitriles is 1. The first-order chi connectivity index (χ1) is 10.6. The molecule has 1 amide bonds. The van der Waals surface area contributed by atoms with Crippen molar-refractivity contribution < 1.29 is 14.3 Å². The average Bonchev–Trinajstić information content (AvgIpc) is 2.79.